The van der Waals surface area contributed by atoms with Crippen LogP contribution in [0, 0.1) is 5.92 Å². The number of urea groups is 1. The monoisotopic (exact) mass is 317 g/mol. The maximum Gasteiger partial charge on any atom is 0.321 e. The lowest BCUT2D eigenvalue weighted by Gasteiger charge is -2.26. The second-order valence-corrected chi connectivity index (χ2v) is 6.42. The van der Waals surface area contributed by atoms with Gasteiger partial charge in [-0.15, -0.1) is 0 Å². The van der Waals surface area contributed by atoms with E-state index in [9.17, 15) is 9.59 Å². The molecule has 0 bridgehead atoms. The second-order valence-electron chi connectivity index (χ2n) is 6.42. The fourth-order valence-electron chi connectivity index (χ4n) is 3.11. The van der Waals surface area contributed by atoms with Crippen LogP contribution < -0.4 is 10.6 Å². The Labute approximate surface area is 138 Å². The van der Waals surface area contributed by atoms with Crippen LogP contribution in [-0.4, -0.2) is 37.0 Å². The van der Waals surface area contributed by atoms with E-state index >= 15 is 0 Å². The Balaban J connectivity index is 1.64. The van der Waals surface area contributed by atoms with E-state index in [2.05, 4.69) is 10.6 Å². The zero-order chi connectivity index (χ0) is 16.5. The number of nitrogens with one attached hydrogen (secondary N) is 2. The van der Waals surface area contributed by atoms with E-state index in [-0.39, 0.29) is 12.5 Å². The van der Waals surface area contributed by atoms with Crippen molar-refractivity contribution in [2.45, 2.75) is 38.6 Å². The van der Waals surface area contributed by atoms with Gasteiger partial charge in [0.2, 0.25) is 5.91 Å². The number of rotatable bonds is 6. The highest BCUT2D eigenvalue weighted by Gasteiger charge is 2.17. The predicted octanol–water partition coefficient (Wildman–Crippen LogP) is 2.52. The lowest BCUT2D eigenvalue weighted by molar-refractivity contribution is -0.121. The number of hydrogen-bond acceptors (Lipinski definition) is 3. The number of carbonyl (C=O) groups is 2. The van der Waals surface area contributed by atoms with Crippen molar-refractivity contribution in [1.82, 2.24) is 15.5 Å². The fraction of sp³-hybridized carbons (Fsp3) is 0.556. The molecule has 0 heterocycles. The summed E-state index contributed by atoms with van der Waals surface area (Å²) in [6, 6.07) is 9.18. The molecule has 0 unspecified atom stereocenters. The topological polar surface area (TPSA) is 61.4 Å². The molecule has 1 aromatic rings. The molecule has 5 heteroatoms. The van der Waals surface area contributed by atoms with Gasteiger partial charge < -0.3 is 5.32 Å². The standard InChI is InChI=1S/C18H27N3O2/c1-21(13-16-10-6-3-7-11-16)14-17(22)20-18(23)19-12-15-8-4-2-5-9-15/h2,4-5,8-9,16H,3,6-7,10-14H2,1H3,(H2,19,20,22,23). The molecule has 3 amide bonds. The first kappa shape index (κ1) is 17.5. The number of amides is 3. The van der Waals surface area contributed by atoms with Crippen LogP contribution in [0.4, 0.5) is 4.79 Å². The Kier molecular flexibility index (Phi) is 7.07. The minimum atomic E-state index is -0.440. The summed E-state index contributed by atoms with van der Waals surface area (Å²) in [5.41, 5.74) is 1.00. The first-order valence-corrected chi connectivity index (χ1v) is 8.43. The third kappa shape index (κ3) is 6.82. The molecule has 1 aromatic carbocycles. The van der Waals surface area contributed by atoms with Gasteiger partial charge in [0.05, 0.1) is 6.54 Å². The largest absolute Gasteiger partial charge is 0.334 e. The maximum atomic E-state index is 11.9. The molecule has 1 saturated carbocycles. The van der Waals surface area contributed by atoms with Crippen LogP contribution in [-0.2, 0) is 11.3 Å². The SMILES string of the molecule is CN(CC(=O)NC(=O)NCc1ccccc1)CC1CCCCC1. The zero-order valence-electron chi connectivity index (χ0n) is 13.9. The average Bonchev–Trinajstić information content (AvgIpc) is 2.54. The van der Waals surface area contributed by atoms with Crippen molar-refractivity contribution in [3.63, 3.8) is 0 Å². The molecule has 0 spiro atoms. The van der Waals surface area contributed by atoms with Gasteiger partial charge in [-0.25, -0.2) is 4.79 Å². The van der Waals surface area contributed by atoms with Crippen LogP contribution in [0.15, 0.2) is 30.3 Å². The molecule has 1 aliphatic rings. The summed E-state index contributed by atoms with van der Waals surface area (Å²) in [4.78, 5) is 25.6. The van der Waals surface area contributed by atoms with Gasteiger partial charge in [-0.05, 0) is 31.4 Å². The van der Waals surface area contributed by atoms with Crippen molar-refractivity contribution in [3.8, 4) is 0 Å². The Morgan fingerprint density at radius 1 is 1.13 bits per heavy atom. The lowest BCUT2D eigenvalue weighted by Crippen LogP contribution is -2.44. The zero-order valence-corrected chi connectivity index (χ0v) is 13.9. The molecule has 0 atom stereocenters. The number of hydrogen-bond donors (Lipinski definition) is 2. The quantitative estimate of drug-likeness (QED) is 0.847. The summed E-state index contributed by atoms with van der Waals surface area (Å²) in [6.07, 6.45) is 6.44. The number of benzene rings is 1. The van der Waals surface area contributed by atoms with Gasteiger partial charge in [0.1, 0.15) is 0 Å². The first-order valence-electron chi connectivity index (χ1n) is 8.43. The van der Waals surface area contributed by atoms with Crippen LogP contribution in [0.1, 0.15) is 37.7 Å². The number of carbonyl (C=O) groups excluding carboxylic acids is 2. The third-order valence-corrected chi connectivity index (χ3v) is 4.26. The molecule has 0 aliphatic heterocycles. The molecular weight excluding hydrogens is 290 g/mol. The van der Waals surface area contributed by atoms with E-state index < -0.39 is 6.03 Å². The van der Waals surface area contributed by atoms with Crippen molar-refractivity contribution in [3.05, 3.63) is 35.9 Å². The Morgan fingerprint density at radius 2 is 1.83 bits per heavy atom. The Hall–Kier alpha value is -1.88. The fourth-order valence-corrected chi connectivity index (χ4v) is 3.11. The van der Waals surface area contributed by atoms with Crippen LogP contribution in [0.25, 0.3) is 0 Å². The second kappa shape index (κ2) is 9.30. The van der Waals surface area contributed by atoms with E-state index in [1.54, 1.807) is 0 Å². The predicted molar refractivity (Wildman–Crippen MR) is 90.9 cm³/mol. The average molecular weight is 317 g/mol. The van der Waals surface area contributed by atoms with Crippen molar-refractivity contribution in [2.24, 2.45) is 5.92 Å². The van der Waals surface area contributed by atoms with Gasteiger partial charge >= 0.3 is 6.03 Å². The van der Waals surface area contributed by atoms with Gasteiger partial charge in [-0.3, -0.25) is 15.0 Å². The molecule has 2 rings (SSSR count). The van der Waals surface area contributed by atoms with E-state index in [1.807, 2.05) is 42.3 Å². The third-order valence-electron chi connectivity index (χ3n) is 4.26. The van der Waals surface area contributed by atoms with Crippen LogP contribution >= 0.6 is 0 Å². The van der Waals surface area contributed by atoms with E-state index in [0.29, 0.717) is 12.5 Å². The molecule has 23 heavy (non-hydrogen) atoms. The number of imide groups is 1. The van der Waals surface area contributed by atoms with Crippen LogP contribution in [0.2, 0.25) is 0 Å². The van der Waals surface area contributed by atoms with E-state index in [0.717, 1.165) is 12.1 Å². The number of nitrogens with zero attached hydrogens (tertiary/aromatic N) is 1. The molecule has 1 fully saturated rings. The molecule has 5 nitrogen and oxygen atoms in total. The van der Waals surface area contributed by atoms with Gasteiger partial charge in [-0.1, -0.05) is 49.6 Å². The summed E-state index contributed by atoms with van der Waals surface area (Å²) in [6.45, 7) is 1.60. The highest BCUT2D eigenvalue weighted by atomic mass is 16.2. The van der Waals surface area contributed by atoms with Crippen molar-refractivity contribution < 1.29 is 9.59 Å². The first-order chi connectivity index (χ1) is 11.1. The van der Waals surface area contributed by atoms with E-state index in [4.69, 9.17) is 0 Å². The normalized spacial score (nSPS) is 15.4. The summed E-state index contributed by atoms with van der Waals surface area (Å²) < 4.78 is 0. The maximum absolute atomic E-state index is 11.9. The van der Waals surface area contributed by atoms with Gasteiger partial charge in [0, 0.05) is 13.1 Å². The van der Waals surface area contributed by atoms with Crippen molar-refractivity contribution >= 4 is 11.9 Å². The number of likely N-dealkylation sites (N-methyl/N-ethyl adjacent to an activating group) is 1. The molecule has 0 radical (unpaired) electrons. The highest BCUT2D eigenvalue weighted by Crippen LogP contribution is 2.23. The smallest absolute Gasteiger partial charge is 0.321 e. The lowest BCUT2D eigenvalue weighted by atomic mass is 9.89. The van der Waals surface area contributed by atoms with Gasteiger partial charge in [-0.2, -0.15) is 0 Å². The van der Waals surface area contributed by atoms with Gasteiger partial charge in [0.25, 0.3) is 0 Å². The molecular formula is C18H27N3O2. The highest BCUT2D eigenvalue weighted by molar-refractivity contribution is 5.95. The van der Waals surface area contributed by atoms with Gasteiger partial charge in [0.15, 0.2) is 0 Å². The minimum Gasteiger partial charge on any atom is -0.334 e. The Bertz CT molecular complexity index is 498. The molecule has 2 N–H and O–H groups in total. The van der Waals surface area contributed by atoms with Crippen molar-refractivity contribution in [2.75, 3.05) is 20.1 Å². The molecule has 1 aliphatic carbocycles. The van der Waals surface area contributed by atoms with Crippen LogP contribution in [0.3, 0.4) is 0 Å². The Morgan fingerprint density at radius 3 is 2.52 bits per heavy atom. The summed E-state index contributed by atoms with van der Waals surface area (Å²) in [7, 11) is 1.94. The van der Waals surface area contributed by atoms with Crippen LogP contribution in [0.5, 0.6) is 0 Å². The van der Waals surface area contributed by atoms with Crippen molar-refractivity contribution in [1.29, 1.82) is 0 Å². The molecule has 0 saturated heterocycles. The minimum absolute atomic E-state index is 0.256. The summed E-state index contributed by atoms with van der Waals surface area (Å²) >= 11 is 0. The molecule has 126 valence electrons. The summed E-state index contributed by atoms with van der Waals surface area (Å²) in [5, 5.41) is 5.08. The summed E-state index contributed by atoms with van der Waals surface area (Å²) in [5.74, 6) is 0.433. The molecule has 0 aromatic heterocycles. The van der Waals surface area contributed by atoms with E-state index in [1.165, 1.54) is 32.1 Å².